The van der Waals surface area contributed by atoms with E-state index >= 15 is 0 Å². The number of benzene rings is 1. The van der Waals surface area contributed by atoms with E-state index < -0.39 is 0 Å². The lowest BCUT2D eigenvalue weighted by molar-refractivity contribution is 0.202. The molecular formula is C16H25NO. The van der Waals surface area contributed by atoms with Gasteiger partial charge in [0.1, 0.15) is 0 Å². The summed E-state index contributed by atoms with van der Waals surface area (Å²) in [5, 5.41) is 3.74. The fourth-order valence-electron chi connectivity index (χ4n) is 2.73. The number of methoxy groups -OCH3 is 1. The number of rotatable bonds is 5. The largest absolute Gasteiger partial charge is 0.384 e. The molecule has 0 spiro atoms. The third-order valence-corrected chi connectivity index (χ3v) is 3.81. The molecule has 1 aliphatic carbocycles. The summed E-state index contributed by atoms with van der Waals surface area (Å²) in [7, 11) is 1.77. The molecule has 0 bridgehead atoms. The van der Waals surface area contributed by atoms with Gasteiger partial charge in [0, 0.05) is 18.8 Å². The lowest BCUT2D eigenvalue weighted by atomic mass is 10.1. The van der Waals surface area contributed by atoms with Crippen molar-refractivity contribution in [2.45, 2.75) is 51.0 Å². The molecule has 1 saturated carbocycles. The molecule has 1 aromatic rings. The topological polar surface area (TPSA) is 21.3 Å². The Kier molecular flexibility index (Phi) is 5.53. The fraction of sp³-hybridized carbons (Fsp3) is 0.625. The summed E-state index contributed by atoms with van der Waals surface area (Å²) >= 11 is 0. The van der Waals surface area contributed by atoms with Gasteiger partial charge in [-0.15, -0.1) is 0 Å². The molecule has 2 rings (SSSR count). The quantitative estimate of drug-likeness (QED) is 0.794. The summed E-state index contributed by atoms with van der Waals surface area (Å²) in [6, 6.07) is 9.31. The van der Waals surface area contributed by atoms with Crippen molar-refractivity contribution in [1.82, 2.24) is 0 Å². The molecule has 1 aliphatic rings. The van der Waals surface area contributed by atoms with Crippen LogP contribution < -0.4 is 5.32 Å². The van der Waals surface area contributed by atoms with Crippen LogP contribution in [0.5, 0.6) is 0 Å². The third-order valence-electron chi connectivity index (χ3n) is 3.81. The van der Waals surface area contributed by atoms with Crippen LogP contribution in [0, 0.1) is 0 Å². The minimum Gasteiger partial charge on any atom is -0.384 e. The van der Waals surface area contributed by atoms with Gasteiger partial charge in [-0.05, 0) is 30.9 Å². The lowest BCUT2D eigenvalue weighted by Crippen LogP contribution is -2.19. The van der Waals surface area contributed by atoms with Crippen LogP contribution in [-0.4, -0.2) is 19.8 Å². The van der Waals surface area contributed by atoms with E-state index in [2.05, 4.69) is 29.6 Å². The van der Waals surface area contributed by atoms with Crippen LogP contribution in [0.1, 0.15) is 44.1 Å². The summed E-state index contributed by atoms with van der Waals surface area (Å²) < 4.78 is 5.18. The van der Waals surface area contributed by atoms with Crippen molar-refractivity contribution in [1.29, 1.82) is 0 Å². The molecule has 0 aliphatic heterocycles. The van der Waals surface area contributed by atoms with E-state index in [0.717, 1.165) is 13.0 Å². The average molecular weight is 247 g/mol. The first-order valence-corrected chi connectivity index (χ1v) is 7.23. The molecule has 1 N–H and O–H groups in total. The molecule has 0 heterocycles. The number of hydrogen-bond donors (Lipinski definition) is 1. The molecule has 1 fully saturated rings. The third kappa shape index (κ3) is 4.02. The summed E-state index contributed by atoms with van der Waals surface area (Å²) in [6.45, 7) is 0.795. The van der Waals surface area contributed by atoms with Gasteiger partial charge < -0.3 is 10.1 Å². The molecule has 18 heavy (non-hydrogen) atoms. The molecule has 0 atom stereocenters. The van der Waals surface area contributed by atoms with Gasteiger partial charge in [0.05, 0.1) is 6.61 Å². The molecule has 0 radical (unpaired) electrons. The van der Waals surface area contributed by atoms with E-state index in [-0.39, 0.29) is 0 Å². The first kappa shape index (κ1) is 13.4. The van der Waals surface area contributed by atoms with E-state index in [9.17, 15) is 0 Å². The zero-order valence-electron chi connectivity index (χ0n) is 11.5. The van der Waals surface area contributed by atoms with Gasteiger partial charge in [0.15, 0.2) is 0 Å². The maximum atomic E-state index is 5.18. The number of ether oxygens (including phenoxy) is 1. The molecule has 0 unspecified atom stereocenters. The van der Waals surface area contributed by atoms with Gasteiger partial charge in [-0.3, -0.25) is 0 Å². The summed E-state index contributed by atoms with van der Waals surface area (Å²) in [4.78, 5) is 0. The molecule has 2 heteroatoms. The van der Waals surface area contributed by atoms with Crippen molar-refractivity contribution in [2.24, 2.45) is 0 Å². The molecule has 0 saturated heterocycles. The first-order valence-electron chi connectivity index (χ1n) is 7.23. The second kappa shape index (κ2) is 7.42. The number of hydrogen-bond acceptors (Lipinski definition) is 2. The average Bonchev–Trinajstić information content (AvgIpc) is 2.66. The Labute approximate surface area is 111 Å². The monoisotopic (exact) mass is 247 g/mol. The SMILES string of the molecule is COCCc1ccccc1NC1CCCCCC1. The Balaban J connectivity index is 1.98. The van der Waals surface area contributed by atoms with E-state index in [0.29, 0.717) is 6.04 Å². The highest BCUT2D eigenvalue weighted by molar-refractivity contribution is 5.51. The van der Waals surface area contributed by atoms with E-state index in [4.69, 9.17) is 4.74 Å². The maximum absolute atomic E-state index is 5.18. The lowest BCUT2D eigenvalue weighted by Gasteiger charge is -2.20. The van der Waals surface area contributed by atoms with Crippen LogP contribution in [0.3, 0.4) is 0 Å². The van der Waals surface area contributed by atoms with Crippen LogP contribution in [0.15, 0.2) is 24.3 Å². The first-order chi connectivity index (χ1) is 8.90. The van der Waals surface area contributed by atoms with Gasteiger partial charge in [0.25, 0.3) is 0 Å². The minimum absolute atomic E-state index is 0.663. The Morgan fingerprint density at radius 3 is 2.56 bits per heavy atom. The van der Waals surface area contributed by atoms with Crippen molar-refractivity contribution < 1.29 is 4.74 Å². The van der Waals surface area contributed by atoms with Gasteiger partial charge >= 0.3 is 0 Å². The molecule has 0 amide bonds. The van der Waals surface area contributed by atoms with Gasteiger partial charge in [-0.25, -0.2) is 0 Å². The fourth-order valence-corrected chi connectivity index (χ4v) is 2.73. The smallest absolute Gasteiger partial charge is 0.0503 e. The Hall–Kier alpha value is -1.02. The molecule has 2 nitrogen and oxygen atoms in total. The molecule has 100 valence electrons. The van der Waals surface area contributed by atoms with Crippen LogP contribution >= 0.6 is 0 Å². The molecule has 1 aromatic carbocycles. The molecular weight excluding hydrogens is 222 g/mol. The Morgan fingerprint density at radius 2 is 1.83 bits per heavy atom. The second-order valence-corrected chi connectivity index (χ2v) is 5.23. The van der Waals surface area contributed by atoms with Crippen LogP contribution in [0.4, 0.5) is 5.69 Å². The number of para-hydroxylation sites is 1. The van der Waals surface area contributed by atoms with Crippen LogP contribution in [-0.2, 0) is 11.2 Å². The zero-order valence-corrected chi connectivity index (χ0v) is 11.5. The highest BCUT2D eigenvalue weighted by Crippen LogP contribution is 2.23. The minimum atomic E-state index is 0.663. The van der Waals surface area contributed by atoms with E-state index in [1.165, 1.54) is 49.8 Å². The highest BCUT2D eigenvalue weighted by atomic mass is 16.5. The maximum Gasteiger partial charge on any atom is 0.0503 e. The zero-order chi connectivity index (χ0) is 12.6. The van der Waals surface area contributed by atoms with Crippen molar-refractivity contribution in [3.63, 3.8) is 0 Å². The second-order valence-electron chi connectivity index (χ2n) is 5.23. The predicted molar refractivity (Wildman–Crippen MR) is 77.1 cm³/mol. The van der Waals surface area contributed by atoms with Crippen LogP contribution in [0.25, 0.3) is 0 Å². The standard InChI is InChI=1S/C16H25NO/c1-18-13-12-14-8-6-7-11-16(14)17-15-9-4-2-3-5-10-15/h6-8,11,15,17H,2-5,9-10,12-13H2,1H3. The summed E-state index contributed by atoms with van der Waals surface area (Å²) in [5.74, 6) is 0. The van der Waals surface area contributed by atoms with Crippen LogP contribution in [0.2, 0.25) is 0 Å². The Bertz CT molecular complexity index is 343. The summed E-state index contributed by atoms with van der Waals surface area (Å²) in [5.41, 5.74) is 2.69. The van der Waals surface area contributed by atoms with Crippen molar-refractivity contribution in [3.8, 4) is 0 Å². The Morgan fingerprint density at radius 1 is 1.11 bits per heavy atom. The highest BCUT2D eigenvalue weighted by Gasteiger charge is 2.13. The van der Waals surface area contributed by atoms with E-state index in [1.54, 1.807) is 7.11 Å². The van der Waals surface area contributed by atoms with Gasteiger partial charge in [-0.2, -0.15) is 0 Å². The van der Waals surface area contributed by atoms with Crippen molar-refractivity contribution in [3.05, 3.63) is 29.8 Å². The van der Waals surface area contributed by atoms with Crippen molar-refractivity contribution in [2.75, 3.05) is 19.0 Å². The van der Waals surface area contributed by atoms with Gasteiger partial charge in [0.2, 0.25) is 0 Å². The normalized spacial score (nSPS) is 17.4. The van der Waals surface area contributed by atoms with Gasteiger partial charge in [-0.1, -0.05) is 43.9 Å². The number of anilines is 1. The van der Waals surface area contributed by atoms with E-state index in [1.807, 2.05) is 0 Å². The predicted octanol–water partition coefficient (Wildman–Crippen LogP) is 4.01. The summed E-state index contributed by atoms with van der Waals surface area (Å²) in [6.07, 6.45) is 9.19. The number of nitrogens with one attached hydrogen (secondary N) is 1. The van der Waals surface area contributed by atoms with Crippen molar-refractivity contribution >= 4 is 5.69 Å². The molecule has 0 aromatic heterocycles.